The molecule has 0 aliphatic heterocycles. The average molecular weight is 370 g/mol. The van der Waals surface area contributed by atoms with E-state index in [-0.39, 0.29) is 5.91 Å². The van der Waals surface area contributed by atoms with Crippen LogP contribution >= 0.6 is 11.6 Å². The molecule has 0 atom stereocenters. The van der Waals surface area contributed by atoms with Crippen LogP contribution in [-0.2, 0) is 29.2 Å². The van der Waals surface area contributed by atoms with Gasteiger partial charge in [0.15, 0.2) is 0 Å². The molecule has 0 aliphatic carbocycles. The quantitative estimate of drug-likeness (QED) is 0.592. The van der Waals surface area contributed by atoms with Gasteiger partial charge in [-0.2, -0.15) is 0 Å². The fraction of sp³-hybridized carbons (Fsp3) is 0.190. The van der Waals surface area contributed by atoms with Gasteiger partial charge in [0.2, 0.25) is 5.91 Å². The number of carbonyl (C=O) groups excluding carboxylic acids is 1. The molecular weight excluding hydrogens is 350 g/mol. The highest BCUT2D eigenvalue weighted by molar-refractivity contribution is 6.31. The van der Waals surface area contributed by atoms with Gasteiger partial charge in [0.05, 0.1) is 12.9 Å². The van der Waals surface area contributed by atoms with Crippen molar-refractivity contribution in [1.29, 1.82) is 0 Å². The molecule has 26 heavy (non-hydrogen) atoms. The lowest BCUT2D eigenvalue weighted by Crippen LogP contribution is -2.12. The number of hydrogen-bond acceptors (Lipinski definition) is 3. The molecule has 0 saturated carbocycles. The number of nitrogens with one attached hydrogen (secondary N) is 1. The molecule has 1 amide bonds. The van der Waals surface area contributed by atoms with Crippen LogP contribution in [-0.4, -0.2) is 5.91 Å². The van der Waals surface area contributed by atoms with Crippen LogP contribution in [0.25, 0.3) is 0 Å². The van der Waals surface area contributed by atoms with Crippen LogP contribution in [0.4, 0.5) is 5.69 Å². The molecule has 5 heteroatoms. The highest BCUT2D eigenvalue weighted by Gasteiger charge is 2.06. The normalized spacial score (nSPS) is 10.7. The zero-order valence-corrected chi connectivity index (χ0v) is 15.0. The third kappa shape index (κ3) is 5.48. The Hall–Kier alpha value is -2.56. The molecule has 0 fully saturated rings. The van der Waals surface area contributed by atoms with E-state index in [2.05, 4.69) is 5.32 Å². The Labute approximate surface area is 157 Å². The topological polar surface area (TPSA) is 51.5 Å². The van der Waals surface area contributed by atoms with Crippen molar-refractivity contribution in [3.63, 3.8) is 0 Å². The lowest BCUT2D eigenvalue weighted by atomic mass is 10.1. The maximum atomic E-state index is 12.2. The molecule has 0 bridgehead atoms. The second-order valence-electron chi connectivity index (χ2n) is 5.91. The molecule has 3 aromatic rings. The number of aryl methyl sites for hydroxylation is 1. The van der Waals surface area contributed by atoms with Crippen LogP contribution in [0.5, 0.6) is 0 Å². The van der Waals surface area contributed by atoms with Gasteiger partial charge in [-0.1, -0.05) is 41.9 Å². The summed E-state index contributed by atoms with van der Waals surface area (Å²) in [5.74, 6) is 0.743. The smallest absolute Gasteiger partial charge is 0.224 e. The Morgan fingerprint density at radius 1 is 1.04 bits per heavy atom. The summed E-state index contributed by atoms with van der Waals surface area (Å²) in [6.07, 6.45) is 2.61. The predicted octanol–water partition coefficient (Wildman–Crippen LogP) is 5.22. The van der Waals surface area contributed by atoms with E-state index in [4.69, 9.17) is 20.8 Å². The van der Waals surface area contributed by atoms with E-state index in [1.54, 1.807) is 6.26 Å². The van der Waals surface area contributed by atoms with Gasteiger partial charge in [-0.25, -0.2) is 0 Å². The second-order valence-corrected chi connectivity index (χ2v) is 6.32. The van der Waals surface area contributed by atoms with E-state index < -0.39 is 0 Å². The highest BCUT2D eigenvalue weighted by Crippen LogP contribution is 2.17. The van der Waals surface area contributed by atoms with Crippen LogP contribution in [0.2, 0.25) is 5.02 Å². The molecule has 3 rings (SSSR count). The van der Waals surface area contributed by atoms with Crippen LogP contribution in [0, 0.1) is 0 Å². The van der Waals surface area contributed by atoms with Crippen LogP contribution in [0.3, 0.4) is 0 Å². The molecular formula is C21H20ClNO3. The van der Waals surface area contributed by atoms with E-state index in [1.807, 2.05) is 60.7 Å². The number of furan rings is 1. The first-order chi connectivity index (χ1) is 12.7. The Kier molecular flexibility index (Phi) is 6.47. The largest absolute Gasteiger partial charge is 0.467 e. The molecule has 1 aromatic heterocycles. The molecule has 4 nitrogen and oxygen atoms in total. The van der Waals surface area contributed by atoms with Crippen molar-refractivity contribution in [2.45, 2.75) is 26.1 Å². The SMILES string of the molecule is O=C(CCc1ccccc1Cl)Nc1cccc(COCc2ccco2)c1. The van der Waals surface area contributed by atoms with E-state index in [0.717, 1.165) is 22.6 Å². The zero-order valence-electron chi connectivity index (χ0n) is 14.3. The third-order valence-corrected chi connectivity index (χ3v) is 4.25. The first-order valence-corrected chi connectivity index (χ1v) is 8.81. The summed E-state index contributed by atoms with van der Waals surface area (Å²) in [6.45, 7) is 0.867. The first-order valence-electron chi connectivity index (χ1n) is 8.43. The minimum absolute atomic E-state index is 0.0430. The summed E-state index contributed by atoms with van der Waals surface area (Å²) in [7, 11) is 0. The number of rotatable bonds is 8. The van der Waals surface area contributed by atoms with Crippen molar-refractivity contribution in [3.8, 4) is 0 Å². The van der Waals surface area contributed by atoms with E-state index in [9.17, 15) is 4.79 Å². The standard InChI is InChI=1S/C21H20ClNO3/c22-20-9-2-1-6-17(20)10-11-21(24)23-18-7-3-5-16(13-18)14-25-15-19-8-4-12-26-19/h1-9,12-13H,10-11,14-15H2,(H,23,24). The maximum Gasteiger partial charge on any atom is 0.224 e. The fourth-order valence-electron chi connectivity index (χ4n) is 2.58. The van der Waals surface area contributed by atoms with Crippen molar-refractivity contribution in [2.24, 2.45) is 0 Å². The van der Waals surface area contributed by atoms with Crippen molar-refractivity contribution < 1.29 is 13.9 Å². The second kappa shape index (κ2) is 9.22. The predicted molar refractivity (Wildman–Crippen MR) is 102 cm³/mol. The van der Waals surface area contributed by atoms with Gasteiger partial charge in [-0.15, -0.1) is 0 Å². The van der Waals surface area contributed by atoms with Crippen LogP contribution in [0.15, 0.2) is 71.3 Å². The van der Waals surface area contributed by atoms with E-state index >= 15 is 0 Å². The van der Waals surface area contributed by atoms with Crippen molar-refractivity contribution in [3.05, 3.63) is 88.8 Å². The number of carbonyl (C=O) groups is 1. The third-order valence-electron chi connectivity index (χ3n) is 3.88. The van der Waals surface area contributed by atoms with Gasteiger partial charge in [0.1, 0.15) is 12.4 Å². The minimum Gasteiger partial charge on any atom is -0.467 e. The van der Waals surface area contributed by atoms with Crippen LogP contribution < -0.4 is 5.32 Å². The van der Waals surface area contributed by atoms with E-state index in [0.29, 0.717) is 31.1 Å². The monoisotopic (exact) mass is 369 g/mol. The fourth-order valence-corrected chi connectivity index (χ4v) is 2.81. The molecule has 0 unspecified atom stereocenters. The van der Waals surface area contributed by atoms with Crippen molar-refractivity contribution in [1.82, 2.24) is 0 Å². The first kappa shape index (κ1) is 18.2. The van der Waals surface area contributed by atoms with Gasteiger partial charge in [0.25, 0.3) is 0 Å². The van der Waals surface area contributed by atoms with E-state index in [1.165, 1.54) is 0 Å². The van der Waals surface area contributed by atoms with Crippen molar-refractivity contribution in [2.75, 3.05) is 5.32 Å². The highest BCUT2D eigenvalue weighted by atomic mass is 35.5. The summed E-state index contributed by atoms with van der Waals surface area (Å²) >= 11 is 6.12. The van der Waals surface area contributed by atoms with Gasteiger partial charge in [-0.05, 0) is 47.9 Å². The number of hydrogen-bond donors (Lipinski definition) is 1. The van der Waals surface area contributed by atoms with Gasteiger partial charge >= 0.3 is 0 Å². The number of anilines is 1. The van der Waals surface area contributed by atoms with Crippen LogP contribution in [0.1, 0.15) is 23.3 Å². The Morgan fingerprint density at radius 3 is 2.73 bits per heavy atom. The number of halogens is 1. The summed E-state index contributed by atoms with van der Waals surface area (Å²) < 4.78 is 10.8. The molecule has 0 radical (unpaired) electrons. The lowest BCUT2D eigenvalue weighted by Gasteiger charge is -2.08. The molecule has 0 spiro atoms. The Bertz CT molecular complexity index is 846. The molecule has 2 aromatic carbocycles. The van der Waals surface area contributed by atoms with Gasteiger partial charge < -0.3 is 14.5 Å². The van der Waals surface area contributed by atoms with Gasteiger partial charge in [0, 0.05) is 17.1 Å². The zero-order chi connectivity index (χ0) is 18.2. The molecule has 1 N–H and O–H groups in total. The Morgan fingerprint density at radius 2 is 1.92 bits per heavy atom. The maximum absolute atomic E-state index is 12.2. The summed E-state index contributed by atoms with van der Waals surface area (Å²) in [5, 5.41) is 3.61. The van der Waals surface area contributed by atoms with Crippen molar-refractivity contribution >= 4 is 23.2 Å². The lowest BCUT2D eigenvalue weighted by molar-refractivity contribution is -0.116. The minimum atomic E-state index is -0.0430. The number of benzene rings is 2. The average Bonchev–Trinajstić information content (AvgIpc) is 3.15. The molecule has 0 saturated heterocycles. The summed E-state index contributed by atoms with van der Waals surface area (Å²) in [6, 6.07) is 18.9. The number of amides is 1. The summed E-state index contributed by atoms with van der Waals surface area (Å²) in [4.78, 5) is 12.2. The number of ether oxygens (including phenoxy) is 1. The molecule has 1 heterocycles. The summed E-state index contributed by atoms with van der Waals surface area (Å²) in [5.41, 5.74) is 2.72. The molecule has 134 valence electrons. The molecule has 0 aliphatic rings. The van der Waals surface area contributed by atoms with Gasteiger partial charge in [-0.3, -0.25) is 4.79 Å². The Balaban J connectivity index is 1.48.